The maximum absolute atomic E-state index is 12.6. The van der Waals surface area contributed by atoms with Crippen molar-refractivity contribution in [3.05, 3.63) is 29.3 Å². The van der Waals surface area contributed by atoms with Gasteiger partial charge in [0, 0.05) is 45.6 Å². The topological polar surface area (TPSA) is 42.0 Å². The molecule has 0 N–H and O–H groups in total. The molecular weight excluding hydrogens is 316 g/mol. The van der Waals surface area contributed by atoms with Crippen molar-refractivity contribution in [3.8, 4) is 0 Å². The van der Waals surface area contributed by atoms with Crippen LogP contribution in [0.3, 0.4) is 0 Å². The Kier molecular flexibility index (Phi) is 6.85. The summed E-state index contributed by atoms with van der Waals surface area (Å²) in [5.74, 6) is -0.246. The zero-order valence-electron chi connectivity index (χ0n) is 16.3. The minimum absolute atomic E-state index is 0.246. The fourth-order valence-corrected chi connectivity index (χ4v) is 2.99. The molecule has 0 amide bonds. The molecule has 5 heteroatoms. The van der Waals surface area contributed by atoms with Gasteiger partial charge in [0.2, 0.25) is 0 Å². The second-order valence-corrected chi connectivity index (χ2v) is 7.73. The van der Waals surface area contributed by atoms with Crippen molar-refractivity contribution in [2.75, 3.05) is 51.8 Å². The molecule has 1 heterocycles. The summed E-state index contributed by atoms with van der Waals surface area (Å²) >= 11 is 0. The lowest BCUT2D eigenvalue weighted by molar-refractivity contribution is 0.00682. The highest BCUT2D eigenvalue weighted by Gasteiger charge is 2.22. The number of likely N-dealkylation sites (N-methyl/N-ethyl adjacent to an activating group) is 1. The molecule has 1 aromatic carbocycles. The molecule has 0 radical (unpaired) electrons. The molecule has 2 rings (SSSR count). The summed E-state index contributed by atoms with van der Waals surface area (Å²) in [5, 5.41) is 0. The van der Waals surface area contributed by atoms with Crippen LogP contribution in [0.1, 0.15) is 43.1 Å². The number of methoxy groups -OCH3 is 1. The highest BCUT2D eigenvalue weighted by atomic mass is 16.6. The third-order valence-corrected chi connectivity index (χ3v) is 4.37. The van der Waals surface area contributed by atoms with Crippen LogP contribution in [0.2, 0.25) is 0 Å². The lowest BCUT2D eigenvalue weighted by atomic mass is 10.0. The van der Waals surface area contributed by atoms with Crippen molar-refractivity contribution in [2.24, 2.45) is 0 Å². The Morgan fingerprint density at radius 2 is 1.84 bits per heavy atom. The van der Waals surface area contributed by atoms with E-state index in [4.69, 9.17) is 9.47 Å². The maximum atomic E-state index is 12.6. The molecular formula is C20H32N2O3. The van der Waals surface area contributed by atoms with Crippen LogP contribution >= 0.6 is 0 Å². The van der Waals surface area contributed by atoms with Crippen molar-refractivity contribution >= 4 is 11.7 Å². The first-order chi connectivity index (χ1) is 11.8. The number of aryl methyl sites for hydroxylation is 1. The Hall–Kier alpha value is -1.59. The molecule has 1 aromatic rings. The van der Waals surface area contributed by atoms with Crippen LogP contribution in [0.15, 0.2) is 18.2 Å². The van der Waals surface area contributed by atoms with Crippen LogP contribution < -0.4 is 4.90 Å². The number of carbonyl (C=O) groups excluding carboxylic acids is 1. The van der Waals surface area contributed by atoms with Crippen LogP contribution in [0, 0.1) is 0 Å². The van der Waals surface area contributed by atoms with Crippen molar-refractivity contribution in [1.29, 1.82) is 0 Å². The Labute approximate surface area is 151 Å². The van der Waals surface area contributed by atoms with Crippen LogP contribution in [0.25, 0.3) is 0 Å². The first kappa shape index (κ1) is 19.7. The van der Waals surface area contributed by atoms with E-state index in [1.807, 2.05) is 32.9 Å². The number of hydrogen-bond acceptors (Lipinski definition) is 5. The second-order valence-electron chi connectivity index (χ2n) is 7.73. The van der Waals surface area contributed by atoms with E-state index in [2.05, 4.69) is 22.9 Å². The number of rotatable bonds is 6. The summed E-state index contributed by atoms with van der Waals surface area (Å²) in [5.41, 5.74) is 2.41. The molecule has 0 atom stereocenters. The van der Waals surface area contributed by atoms with Crippen LogP contribution in [-0.2, 0) is 15.9 Å². The van der Waals surface area contributed by atoms with E-state index in [0.717, 1.165) is 44.6 Å². The molecule has 0 saturated carbocycles. The third-order valence-electron chi connectivity index (χ3n) is 4.37. The van der Waals surface area contributed by atoms with Gasteiger partial charge in [0.15, 0.2) is 0 Å². The molecule has 25 heavy (non-hydrogen) atoms. The van der Waals surface area contributed by atoms with E-state index in [0.29, 0.717) is 12.2 Å². The zero-order valence-corrected chi connectivity index (χ0v) is 16.3. The van der Waals surface area contributed by atoms with Gasteiger partial charge >= 0.3 is 5.97 Å². The summed E-state index contributed by atoms with van der Waals surface area (Å²) in [7, 11) is 3.86. The van der Waals surface area contributed by atoms with Crippen molar-refractivity contribution in [1.82, 2.24) is 4.90 Å². The van der Waals surface area contributed by atoms with E-state index in [1.165, 1.54) is 5.69 Å². The van der Waals surface area contributed by atoms with Gasteiger partial charge in [-0.05, 0) is 64.4 Å². The average molecular weight is 348 g/mol. The van der Waals surface area contributed by atoms with Gasteiger partial charge in [-0.1, -0.05) is 0 Å². The molecule has 0 aliphatic carbocycles. The quantitative estimate of drug-likeness (QED) is 0.584. The Morgan fingerprint density at radius 3 is 2.44 bits per heavy atom. The SMILES string of the molecule is COCCCc1cc(N2CCN(C)CC2)ccc1C(=O)OC(C)(C)C. The minimum atomic E-state index is -0.489. The first-order valence-corrected chi connectivity index (χ1v) is 9.09. The van der Waals surface area contributed by atoms with Gasteiger partial charge in [0.1, 0.15) is 5.60 Å². The minimum Gasteiger partial charge on any atom is -0.456 e. The van der Waals surface area contributed by atoms with E-state index >= 15 is 0 Å². The molecule has 1 aliphatic rings. The summed E-state index contributed by atoms with van der Waals surface area (Å²) < 4.78 is 10.8. The van der Waals surface area contributed by atoms with Crippen molar-refractivity contribution in [2.45, 2.75) is 39.2 Å². The Bertz CT molecular complexity index is 573. The number of carbonyl (C=O) groups is 1. The summed E-state index contributed by atoms with van der Waals surface area (Å²) in [6.07, 6.45) is 1.70. The Morgan fingerprint density at radius 1 is 1.16 bits per heavy atom. The summed E-state index contributed by atoms with van der Waals surface area (Å²) in [6, 6.07) is 6.12. The lowest BCUT2D eigenvalue weighted by Gasteiger charge is -2.34. The fourth-order valence-electron chi connectivity index (χ4n) is 2.99. The third kappa shape index (κ3) is 6.01. The number of anilines is 1. The summed E-state index contributed by atoms with van der Waals surface area (Å²) in [4.78, 5) is 17.3. The molecule has 0 aromatic heterocycles. The van der Waals surface area contributed by atoms with Crippen molar-refractivity contribution in [3.63, 3.8) is 0 Å². The van der Waals surface area contributed by atoms with E-state index in [9.17, 15) is 4.79 Å². The first-order valence-electron chi connectivity index (χ1n) is 9.09. The number of esters is 1. The monoisotopic (exact) mass is 348 g/mol. The largest absolute Gasteiger partial charge is 0.456 e. The smallest absolute Gasteiger partial charge is 0.338 e. The zero-order chi connectivity index (χ0) is 18.4. The lowest BCUT2D eigenvalue weighted by Crippen LogP contribution is -2.44. The normalized spacial score (nSPS) is 16.1. The second kappa shape index (κ2) is 8.68. The number of hydrogen-bond donors (Lipinski definition) is 0. The number of nitrogens with zero attached hydrogens (tertiary/aromatic N) is 2. The number of ether oxygens (including phenoxy) is 2. The van der Waals surface area contributed by atoms with Gasteiger partial charge in [-0.2, -0.15) is 0 Å². The van der Waals surface area contributed by atoms with Gasteiger partial charge in [-0.15, -0.1) is 0 Å². The molecule has 1 saturated heterocycles. The van der Waals surface area contributed by atoms with Crippen LogP contribution in [0.5, 0.6) is 0 Å². The van der Waals surface area contributed by atoms with Crippen LogP contribution in [0.4, 0.5) is 5.69 Å². The molecule has 0 spiro atoms. The van der Waals surface area contributed by atoms with Gasteiger partial charge in [0.25, 0.3) is 0 Å². The molecule has 0 bridgehead atoms. The number of piperazine rings is 1. The standard InChI is InChI=1S/C20H32N2O3/c1-20(2,3)25-19(23)18-9-8-17(15-16(18)7-6-14-24-5)22-12-10-21(4)11-13-22/h8-9,15H,6-7,10-14H2,1-5H3. The van der Waals surface area contributed by atoms with E-state index in [1.54, 1.807) is 7.11 Å². The molecule has 5 nitrogen and oxygen atoms in total. The van der Waals surface area contributed by atoms with Gasteiger partial charge in [-0.3, -0.25) is 0 Å². The predicted octanol–water partition coefficient (Wildman–Crippen LogP) is 2.97. The highest BCUT2D eigenvalue weighted by Crippen LogP contribution is 2.24. The summed E-state index contributed by atoms with van der Waals surface area (Å²) in [6.45, 7) is 10.5. The number of benzene rings is 1. The molecule has 140 valence electrons. The molecule has 1 fully saturated rings. The maximum Gasteiger partial charge on any atom is 0.338 e. The van der Waals surface area contributed by atoms with Gasteiger partial charge < -0.3 is 19.3 Å². The van der Waals surface area contributed by atoms with E-state index in [-0.39, 0.29) is 5.97 Å². The van der Waals surface area contributed by atoms with E-state index < -0.39 is 5.60 Å². The average Bonchev–Trinajstić information content (AvgIpc) is 2.54. The highest BCUT2D eigenvalue weighted by molar-refractivity contribution is 5.92. The van der Waals surface area contributed by atoms with Crippen molar-refractivity contribution < 1.29 is 14.3 Å². The van der Waals surface area contributed by atoms with Gasteiger partial charge in [-0.25, -0.2) is 4.79 Å². The van der Waals surface area contributed by atoms with Gasteiger partial charge in [0.05, 0.1) is 5.56 Å². The predicted molar refractivity (Wildman–Crippen MR) is 102 cm³/mol. The molecule has 0 unspecified atom stereocenters. The fraction of sp³-hybridized carbons (Fsp3) is 0.650. The molecule has 1 aliphatic heterocycles. The Balaban J connectivity index is 2.21. The van der Waals surface area contributed by atoms with Crippen LogP contribution in [-0.4, -0.2) is 63.4 Å².